The molecule has 0 amide bonds. The van der Waals surface area contributed by atoms with Crippen LogP contribution in [-0.4, -0.2) is 38.1 Å². The first-order chi connectivity index (χ1) is 7.23. The minimum absolute atomic E-state index is 0.363. The van der Waals surface area contributed by atoms with Gasteiger partial charge < -0.3 is 10.2 Å². The molecular weight excluding hydrogens is 196 g/mol. The molecule has 0 aromatic rings. The van der Waals surface area contributed by atoms with Crippen LogP contribution in [0.4, 0.5) is 0 Å². The first kappa shape index (κ1) is 14.0. The van der Waals surface area contributed by atoms with Gasteiger partial charge in [-0.1, -0.05) is 34.1 Å². The maximum Gasteiger partial charge on any atom is 0.0118 e. The van der Waals surface area contributed by atoms with Crippen molar-refractivity contribution in [2.45, 2.75) is 53.0 Å². The molecular formula is C14H30N2. The number of rotatable bonds is 5. The number of hydrogen-bond acceptors (Lipinski definition) is 2. The Morgan fingerprint density at radius 1 is 1.31 bits per heavy atom. The van der Waals surface area contributed by atoms with Crippen molar-refractivity contribution in [3.8, 4) is 0 Å². The lowest BCUT2D eigenvalue weighted by Gasteiger charge is -2.34. The lowest BCUT2D eigenvalue weighted by Crippen LogP contribution is -2.45. The van der Waals surface area contributed by atoms with E-state index in [4.69, 9.17) is 0 Å². The van der Waals surface area contributed by atoms with E-state index in [9.17, 15) is 0 Å². The molecule has 0 aromatic heterocycles. The number of hydrogen-bond donors (Lipinski definition) is 1. The molecule has 1 aliphatic carbocycles. The third-order valence-corrected chi connectivity index (χ3v) is 3.83. The fraction of sp³-hybridized carbons (Fsp3) is 1.00. The molecule has 0 heterocycles. The Kier molecular flexibility index (Phi) is 4.42. The van der Waals surface area contributed by atoms with Gasteiger partial charge in [0.25, 0.3) is 0 Å². The largest absolute Gasteiger partial charge is 0.313 e. The van der Waals surface area contributed by atoms with Crippen molar-refractivity contribution in [1.29, 1.82) is 0 Å². The molecule has 1 aliphatic rings. The van der Waals surface area contributed by atoms with Gasteiger partial charge in [0.15, 0.2) is 0 Å². The second-order valence-corrected chi connectivity index (χ2v) is 7.22. The van der Waals surface area contributed by atoms with Crippen LogP contribution in [0.5, 0.6) is 0 Å². The van der Waals surface area contributed by atoms with Crippen molar-refractivity contribution >= 4 is 0 Å². The quantitative estimate of drug-likeness (QED) is 0.775. The molecule has 1 rings (SSSR count). The fourth-order valence-corrected chi connectivity index (χ4v) is 3.02. The molecule has 0 saturated heterocycles. The van der Waals surface area contributed by atoms with Gasteiger partial charge in [-0.3, -0.25) is 0 Å². The highest BCUT2D eigenvalue weighted by molar-refractivity contribution is 4.91. The summed E-state index contributed by atoms with van der Waals surface area (Å²) < 4.78 is 0. The van der Waals surface area contributed by atoms with Crippen LogP contribution in [0.25, 0.3) is 0 Å². The predicted molar refractivity (Wildman–Crippen MR) is 71.8 cm³/mol. The topological polar surface area (TPSA) is 15.3 Å². The smallest absolute Gasteiger partial charge is 0.0118 e. The summed E-state index contributed by atoms with van der Waals surface area (Å²) in [5.74, 6) is 0. The first-order valence-electron chi connectivity index (χ1n) is 6.61. The highest BCUT2D eigenvalue weighted by Gasteiger charge is 2.35. The van der Waals surface area contributed by atoms with Gasteiger partial charge in [-0.15, -0.1) is 0 Å². The van der Waals surface area contributed by atoms with Gasteiger partial charge in [-0.05, 0) is 37.8 Å². The van der Waals surface area contributed by atoms with Crippen LogP contribution in [0.1, 0.15) is 47.0 Å². The highest BCUT2D eigenvalue weighted by atomic mass is 15.1. The van der Waals surface area contributed by atoms with E-state index in [0.717, 1.165) is 13.1 Å². The normalized spacial score (nSPS) is 25.3. The third-order valence-electron chi connectivity index (χ3n) is 3.83. The average molecular weight is 226 g/mol. The van der Waals surface area contributed by atoms with Crippen molar-refractivity contribution in [1.82, 2.24) is 10.2 Å². The molecule has 0 radical (unpaired) electrons. The summed E-state index contributed by atoms with van der Waals surface area (Å²) in [7, 11) is 4.31. The zero-order valence-electron chi connectivity index (χ0n) is 12.1. The summed E-state index contributed by atoms with van der Waals surface area (Å²) in [6.45, 7) is 11.8. The average Bonchev–Trinajstić information content (AvgIpc) is 2.39. The van der Waals surface area contributed by atoms with Crippen LogP contribution in [0, 0.1) is 10.8 Å². The fourth-order valence-electron chi connectivity index (χ4n) is 3.02. The van der Waals surface area contributed by atoms with E-state index in [1.165, 1.54) is 19.3 Å². The van der Waals surface area contributed by atoms with Gasteiger partial charge in [-0.25, -0.2) is 0 Å². The molecule has 0 aliphatic heterocycles. The van der Waals surface area contributed by atoms with Crippen molar-refractivity contribution in [2.24, 2.45) is 10.8 Å². The Bertz CT molecular complexity index is 219. The summed E-state index contributed by atoms with van der Waals surface area (Å²) in [6, 6.07) is 0.717. The maximum atomic E-state index is 3.79. The standard InChI is InChI=1S/C14H30N2/c1-13(2,11-16(5)6)10-15-12-8-7-9-14(12,3)4/h12,15H,7-11H2,1-6H3. The Labute approximate surface area is 102 Å². The number of nitrogens with zero attached hydrogens (tertiary/aromatic N) is 1. The van der Waals surface area contributed by atoms with Crippen molar-refractivity contribution in [3.63, 3.8) is 0 Å². The van der Waals surface area contributed by atoms with Gasteiger partial charge in [0.05, 0.1) is 0 Å². The van der Waals surface area contributed by atoms with Gasteiger partial charge in [-0.2, -0.15) is 0 Å². The first-order valence-corrected chi connectivity index (χ1v) is 6.61. The molecule has 1 unspecified atom stereocenters. The monoisotopic (exact) mass is 226 g/mol. The molecule has 1 atom stereocenters. The molecule has 0 aromatic carbocycles. The second-order valence-electron chi connectivity index (χ2n) is 7.22. The highest BCUT2D eigenvalue weighted by Crippen LogP contribution is 2.37. The van der Waals surface area contributed by atoms with E-state index in [1.54, 1.807) is 0 Å². The van der Waals surface area contributed by atoms with E-state index < -0.39 is 0 Å². The van der Waals surface area contributed by atoms with Crippen LogP contribution >= 0.6 is 0 Å². The predicted octanol–water partition coefficient (Wildman–Crippen LogP) is 2.74. The molecule has 1 saturated carbocycles. The molecule has 0 spiro atoms. The van der Waals surface area contributed by atoms with Gasteiger partial charge in [0.2, 0.25) is 0 Å². The minimum atomic E-state index is 0.363. The Hall–Kier alpha value is -0.0800. The molecule has 16 heavy (non-hydrogen) atoms. The van der Waals surface area contributed by atoms with Crippen molar-refractivity contribution in [2.75, 3.05) is 27.2 Å². The molecule has 2 nitrogen and oxygen atoms in total. The Morgan fingerprint density at radius 3 is 2.38 bits per heavy atom. The van der Waals surface area contributed by atoms with Gasteiger partial charge in [0.1, 0.15) is 0 Å². The van der Waals surface area contributed by atoms with Crippen molar-refractivity contribution in [3.05, 3.63) is 0 Å². The lowest BCUT2D eigenvalue weighted by molar-refractivity contribution is 0.201. The van der Waals surface area contributed by atoms with E-state index >= 15 is 0 Å². The molecule has 96 valence electrons. The summed E-state index contributed by atoms with van der Waals surface area (Å²) in [4.78, 5) is 2.28. The number of nitrogens with one attached hydrogen (secondary N) is 1. The molecule has 2 heteroatoms. The third kappa shape index (κ3) is 4.06. The Morgan fingerprint density at radius 2 is 1.94 bits per heavy atom. The van der Waals surface area contributed by atoms with Crippen LogP contribution in [0.2, 0.25) is 0 Å². The molecule has 1 fully saturated rings. The summed E-state index contributed by atoms with van der Waals surface area (Å²) in [5.41, 5.74) is 0.858. The van der Waals surface area contributed by atoms with E-state index in [2.05, 4.69) is 52.0 Å². The zero-order chi connectivity index (χ0) is 12.4. The SMILES string of the molecule is CN(C)CC(C)(C)CNC1CCCC1(C)C. The lowest BCUT2D eigenvalue weighted by atomic mass is 9.86. The van der Waals surface area contributed by atoms with Gasteiger partial charge in [0, 0.05) is 19.1 Å². The van der Waals surface area contributed by atoms with E-state index in [-0.39, 0.29) is 0 Å². The zero-order valence-corrected chi connectivity index (χ0v) is 12.1. The van der Waals surface area contributed by atoms with E-state index in [1.807, 2.05) is 0 Å². The van der Waals surface area contributed by atoms with Gasteiger partial charge >= 0.3 is 0 Å². The maximum absolute atomic E-state index is 3.79. The van der Waals surface area contributed by atoms with Crippen LogP contribution in [0.3, 0.4) is 0 Å². The summed E-state index contributed by atoms with van der Waals surface area (Å²) in [6.07, 6.45) is 4.11. The van der Waals surface area contributed by atoms with Crippen LogP contribution in [-0.2, 0) is 0 Å². The minimum Gasteiger partial charge on any atom is -0.313 e. The summed E-state index contributed by atoms with van der Waals surface area (Å²) in [5, 5.41) is 3.79. The second kappa shape index (κ2) is 5.05. The van der Waals surface area contributed by atoms with Crippen LogP contribution < -0.4 is 5.32 Å². The Balaban J connectivity index is 2.39. The summed E-state index contributed by atoms with van der Waals surface area (Å²) >= 11 is 0. The van der Waals surface area contributed by atoms with Crippen LogP contribution in [0.15, 0.2) is 0 Å². The molecule has 0 bridgehead atoms. The molecule has 1 N–H and O–H groups in total. The van der Waals surface area contributed by atoms with E-state index in [0.29, 0.717) is 16.9 Å². The van der Waals surface area contributed by atoms with Crippen molar-refractivity contribution < 1.29 is 0 Å².